The van der Waals surface area contributed by atoms with Crippen molar-refractivity contribution < 1.29 is 32.7 Å². The van der Waals surface area contributed by atoms with Gasteiger partial charge in [-0.2, -0.15) is 0 Å². The van der Waals surface area contributed by atoms with Gasteiger partial charge in [0, 0.05) is 13.5 Å². The third kappa shape index (κ3) is 15.9. The number of hydrogen-bond donors (Lipinski definition) is 1. The summed E-state index contributed by atoms with van der Waals surface area (Å²) < 4.78 is 39.4. The Kier molecular flexibility index (Phi) is 16.7. The lowest BCUT2D eigenvalue weighted by Gasteiger charge is -2.31. The zero-order chi connectivity index (χ0) is 21.3. The van der Waals surface area contributed by atoms with Crippen LogP contribution in [-0.4, -0.2) is 37.0 Å². The monoisotopic (exact) mass is 426 g/mol. The highest BCUT2D eigenvalue weighted by Crippen LogP contribution is 2.49. The number of phosphoric acid groups is 1. The van der Waals surface area contributed by atoms with Gasteiger partial charge in [0.25, 0.3) is 5.97 Å². The van der Waals surface area contributed by atoms with E-state index in [0.29, 0.717) is 19.8 Å². The minimum absolute atomic E-state index is 0.364. The summed E-state index contributed by atoms with van der Waals surface area (Å²) >= 11 is 0. The summed E-state index contributed by atoms with van der Waals surface area (Å²) in [4.78, 5) is 10.1. The molecule has 0 rings (SSSR count). The molecule has 0 bridgehead atoms. The van der Waals surface area contributed by atoms with Crippen LogP contribution in [0.5, 0.6) is 0 Å². The first-order chi connectivity index (χ1) is 13.3. The van der Waals surface area contributed by atoms with Crippen molar-refractivity contribution in [3.8, 4) is 0 Å². The second-order valence-corrected chi connectivity index (χ2v) is 8.47. The molecular formula is C20H43O7P. The Morgan fingerprint density at radius 3 is 1.86 bits per heavy atom. The Morgan fingerprint density at radius 2 is 1.32 bits per heavy atom. The zero-order valence-corrected chi connectivity index (χ0v) is 19.5. The van der Waals surface area contributed by atoms with Crippen LogP contribution in [0.3, 0.4) is 0 Å². The molecule has 0 aliphatic heterocycles. The van der Waals surface area contributed by atoms with Gasteiger partial charge in [0.05, 0.1) is 13.2 Å². The van der Waals surface area contributed by atoms with E-state index < -0.39 is 20.1 Å². The van der Waals surface area contributed by atoms with Crippen molar-refractivity contribution in [2.75, 3.05) is 19.8 Å². The second-order valence-electron chi connectivity index (χ2n) is 7.14. The molecule has 0 amide bonds. The summed E-state index contributed by atoms with van der Waals surface area (Å²) in [6.07, 6.45) is 9.45. The molecule has 0 aliphatic carbocycles. The Hall–Kier alpha value is -0.0100. The highest BCUT2D eigenvalue weighted by molar-refractivity contribution is 7.47. The maximum Gasteiger partial charge on any atom is 0.478 e. The summed E-state index contributed by atoms with van der Waals surface area (Å²) in [5.74, 6) is -1.63. The molecule has 2 unspecified atom stereocenters. The van der Waals surface area contributed by atoms with Gasteiger partial charge < -0.3 is 19.1 Å². The van der Waals surface area contributed by atoms with Crippen LogP contribution in [0.15, 0.2) is 0 Å². The fourth-order valence-electron chi connectivity index (χ4n) is 2.48. The van der Waals surface area contributed by atoms with Gasteiger partial charge in [-0.25, -0.2) is 9.09 Å². The molecule has 0 radical (unpaired) electrons. The van der Waals surface area contributed by atoms with Gasteiger partial charge >= 0.3 is 7.82 Å². The lowest BCUT2D eigenvalue weighted by atomic mass is 10.1. The van der Waals surface area contributed by atoms with Gasteiger partial charge in [-0.15, -0.1) is 0 Å². The smallest absolute Gasteiger partial charge is 0.352 e. The molecule has 1 N–H and O–H groups in total. The fourth-order valence-corrected chi connectivity index (χ4v) is 3.48. The summed E-state index contributed by atoms with van der Waals surface area (Å²) in [6, 6.07) is 0. The van der Waals surface area contributed by atoms with E-state index in [1.807, 2.05) is 13.8 Å². The first-order valence-electron chi connectivity index (χ1n) is 10.9. The molecule has 170 valence electrons. The van der Waals surface area contributed by atoms with E-state index >= 15 is 0 Å². The summed E-state index contributed by atoms with van der Waals surface area (Å²) in [5.41, 5.74) is 0. The quantitative estimate of drug-likeness (QED) is 0.142. The maximum atomic E-state index is 12.4. The third-order valence-corrected chi connectivity index (χ3v) is 5.26. The van der Waals surface area contributed by atoms with E-state index in [9.17, 15) is 9.46 Å². The second kappa shape index (κ2) is 16.8. The normalized spacial score (nSPS) is 15.5. The van der Waals surface area contributed by atoms with Gasteiger partial charge in [-0.05, 0) is 26.2 Å². The van der Waals surface area contributed by atoms with Crippen molar-refractivity contribution in [2.24, 2.45) is 0 Å². The van der Waals surface area contributed by atoms with Crippen LogP contribution in [0.1, 0.15) is 98.8 Å². The van der Waals surface area contributed by atoms with E-state index in [0.717, 1.165) is 38.5 Å². The van der Waals surface area contributed by atoms with Crippen LogP contribution in [0.4, 0.5) is 0 Å². The lowest BCUT2D eigenvalue weighted by Crippen LogP contribution is -2.36. The molecule has 0 aliphatic rings. The lowest BCUT2D eigenvalue weighted by molar-refractivity contribution is -0.339. The van der Waals surface area contributed by atoms with Gasteiger partial charge in [0.1, 0.15) is 0 Å². The number of phosphoric ester groups is 1. The van der Waals surface area contributed by atoms with Crippen LogP contribution in [0.25, 0.3) is 0 Å². The fraction of sp³-hybridized carbons (Fsp3) is 1.00. The van der Waals surface area contributed by atoms with E-state index in [1.54, 1.807) is 6.92 Å². The first-order valence-corrected chi connectivity index (χ1v) is 12.4. The largest absolute Gasteiger partial charge is 0.478 e. The molecule has 0 aromatic carbocycles. The molecule has 0 aromatic rings. The van der Waals surface area contributed by atoms with Crippen molar-refractivity contribution in [1.29, 1.82) is 0 Å². The molecule has 28 heavy (non-hydrogen) atoms. The van der Waals surface area contributed by atoms with Crippen molar-refractivity contribution >= 4 is 7.82 Å². The van der Waals surface area contributed by atoms with Crippen LogP contribution in [-0.2, 0) is 27.8 Å². The maximum absolute atomic E-state index is 12.4. The molecular weight excluding hydrogens is 383 g/mol. The molecule has 0 heterocycles. The number of unbranched alkanes of at least 4 members (excludes halogenated alkanes) is 7. The van der Waals surface area contributed by atoms with Crippen LogP contribution >= 0.6 is 7.82 Å². The summed E-state index contributed by atoms with van der Waals surface area (Å²) in [6.45, 7) is 10.5. The van der Waals surface area contributed by atoms with Gasteiger partial charge in [0.15, 0.2) is 6.29 Å². The van der Waals surface area contributed by atoms with Gasteiger partial charge in [0.2, 0.25) is 0 Å². The van der Waals surface area contributed by atoms with Crippen molar-refractivity contribution in [3.05, 3.63) is 0 Å². The Morgan fingerprint density at radius 1 is 0.821 bits per heavy atom. The third-order valence-electron chi connectivity index (χ3n) is 4.14. The highest BCUT2D eigenvalue weighted by Gasteiger charge is 2.39. The van der Waals surface area contributed by atoms with E-state index in [-0.39, 0.29) is 0 Å². The molecule has 2 atom stereocenters. The predicted molar refractivity (Wildman–Crippen MR) is 111 cm³/mol. The molecule has 0 aromatic heterocycles. The SMILES string of the molecule is CCCCCCCCOC(C)OP(=O)(O)OC(C)(OCCCC)OCCCC. The van der Waals surface area contributed by atoms with E-state index in [1.165, 1.54) is 32.6 Å². The predicted octanol–water partition coefficient (Wildman–Crippen LogP) is 6.15. The van der Waals surface area contributed by atoms with Gasteiger partial charge in [-0.3, -0.25) is 4.52 Å². The number of ether oxygens (including phenoxy) is 3. The Balaban J connectivity index is 4.37. The number of rotatable bonds is 20. The van der Waals surface area contributed by atoms with Crippen LogP contribution in [0, 0.1) is 0 Å². The standard InChI is InChI=1S/C20H43O7P/c1-6-9-12-13-14-15-16-23-19(4)26-28(21,22)27-20(5,24-17-10-7-2)25-18-11-8-3/h19H,6-18H2,1-5H3,(H,21,22). The minimum atomic E-state index is -4.41. The van der Waals surface area contributed by atoms with Crippen molar-refractivity contribution in [1.82, 2.24) is 0 Å². The Labute approximate surface area is 172 Å². The van der Waals surface area contributed by atoms with Gasteiger partial charge in [-0.1, -0.05) is 65.7 Å². The van der Waals surface area contributed by atoms with E-state index in [4.69, 9.17) is 23.3 Å². The highest BCUT2D eigenvalue weighted by atomic mass is 31.2. The van der Waals surface area contributed by atoms with Crippen LogP contribution < -0.4 is 0 Å². The molecule has 7 nitrogen and oxygen atoms in total. The molecule has 0 fully saturated rings. The molecule has 8 heteroatoms. The molecule has 0 saturated carbocycles. The van der Waals surface area contributed by atoms with Crippen molar-refractivity contribution in [3.63, 3.8) is 0 Å². The van der Waals surface area contributed by atoms with Crippen LogP contribution in [0.2, 0.25) is 0 Å². The zero-order valence-electron chi connectivity index (χ0n) is 18.6. The molecule has 0 saturated heterocycles. The first kappa shape index (κ1) is 28.0. The average Bonchev–Trinajstić information content (AvgIpc) is 2.60. The molecule has 0 spiro atoms. The number of hydrogen-bond acceptors (Lipinski definition) is 6. The topological polar surface area (TPSA) is 83.5 Å². The summed E-state index contributed by atoms with van der Waals surface area (Å²) in [5, 5.41) is 0. The summed E-state index contributed by atoms with van der Waals surface area (Å²) in [7, 11) is -4.41. The minimum Gasteiger partial charge on any atom is -0.352 e. The average molecular weight is 427 g/mol. The Bertz CT molecular complexity index is 396. The van der Waals surface area contributed by atoms with Crippen molar-refractivity contribution in [2.45, 2.75) is 111 Å². The van der Waals surface area contributed by atoms with E-state index in [2.05, 4.69) is 6.92 Å².